The fraction of sp³-hybridized carbons (Fsp3) is 1.00. The van der Waals surface area contributed by atoms with Crippen LogP contribution >= 0.6 is 0 Å². The standard InChI is InChI=1S/C7H15NO4/c9-3-4-1-5(10)7(12)6(11)2-8-4/h4-12H,1-3H2/t4-,5+,6-,7-/m0/s1. The van der Waals surface area contributed by atoms with Gasteiger partial charge in [-0.3, -0.25) is 0 Å². The lowest BCUT2D eigenvalue weighted by atomic mass is 10.0. The Morgan fingerprint density at radius 1 is 1.17 bits per heavy atom. The Morgan fingerprint density at radius 3 is 2.42 bits per heavy atom. The monoisotopic (exact) mass is 177 g/mol. The molecule has 0 aromatic heterocycles. The Hall–Kier alpha value is -0.200. The van der Waals surface area contributed by atoms with Crippen LogP contribution in [0.25, 0.3) is 0 Å². The first kappa shape index (κ1) is 9.88. The summed E-state index contributed by atoms with van der Waals surface area (Å²) in [5.74, 6) is 0. The highest BCUT2D eigenvalue weighted by molar-refractivity contribution is 4.86. The predicted octanol–water partition coefficient (Wildman–Crippen LogP) is -2.58. The Labute approximate surface area is 70.6 Å². The van der Waals surface area contributed by atoms with Gasteiger partial charge in [-0.05, 0) is 6.42 Å². The zero-order valence-electron chi connectivity index (χ0n) is 6.72. The molecule has 5 nitrogen and oxygen atoms in total. The van der Waals surface area contributed by atoms with E-state index in [1.165, 1.54) is 0 Å². The largest absolute Gasteiger partial charge is 0.395 e. The van der Waals surface area contributed by atoms with Gasteiger partial charge in [0.1, 0.15) is 6.10 Å². The molecule has 1 heterocycles. The summed E-state index contributed by atoms with van der Waals surface area (Å²) in [6.07, 6.45) is -2.79. The van der Waals surface area contributed by atoms with E-state index in [0.717, 1.165) is 0 Å². The van der Waals surface area contributed by atoms with Gasteiger partial charge in [-0.15, -0.1) is 0 Å². The van der Waals surface area contributed by atoms with Gasteiger partial charge in [0.2, 0.25) is 0 Å². The van der Waals surface area contributed by atoms with E-state index in [4.69, 9.17) is 5.11 Å². The Morgan fingerprint density at radius 2 is 1.83 bits per heavy atom. The van der Waals surface area contributed by atoms with E-state index in [9.17, 15) is 15.3 Å². The van der Waals surface area contributed by atoms with Gasteiger partial charge in [0.25, 0.3) is 0 Å². The first-order chi connectivity index (χ1) is 5.65. The Balaban J connectivity index is 2.53. The highest BCUT2D eigenvalue weighted by atomic mass is 16.4. The van der Waals surface area contributed by atoms with E-state index in [-0.39, 0.29) is 25.6 Å². The van der Waals surface area contributed by atoms with Crippen molar-refractivity contribution in [2.75, 3.05) is 13.2 Å². The summed E-state index contributed by atoms with van der Waals surface area (Å²) < 4.78 is 0. The van der Waals surface area contributed by atoms with E-state index in [2.05, 4.69) is 5.32 Å². The zero-order chi connectivity index (χ0) is 9.14. The zero-order valence-corrected chi connectivity index (χ0v) is 6.72. The van der Waals surface area contributed by atoms with Crippen LogP contribution in [0.3, 0.4) is 0 Å². The van der Waals surface area contributed by atoms with Crippen LogP contribution in [-0.4, -0.2) is 57.9 Å². The molecule has 0 amide bonds. The molecular formula is C7H15NO4. The molecule has 0 radical (unpaired) electrons. The second-order valence-corrected chi connectivity index (χ2v) is 3.15. The molecular weight excluding hydrogens is 162 g/mol. The Kier molecular flexibility index (Phi) is 3.42. The number of β-amino-alcohol motifs (C(OH)–C–C–N with tert-alkyl or cyclic N) is 1. The van der Waals surface area contributed by atoms with Gasteiger partial charge in [0.05, 0.1) is 18.8 Å². The minimum atomic E-state index is -1.12. The van der Waals surface area contributed by atoms with E-state index in [1.807, 2.05) is 0 Å². The smallest absolute Gasteiger partial charge is 0.107 e. The summed E-state index contributed by atoms with van der Waals surface area (Å²) in [5, 5.41) is 39.3. The van der Waals surface area contributed by atoms with Gasteiger partial charge in [0, 0.05) is 12.6 Å². The molecule has 0 unspecified atom stereocenters. The van der Waals surface area contributed by atoms with Crippen molar-refractivity contribution in [3.63, 3.8) is 0 Å². The topological polar surface area (TPSA) is 93.0 Å². The van der Waals surface area contributed by atoms with Gasteiger partial charge in [-0.1, -0.05) is 0 Å². The number of aliphatic hydroxyl groups excluding tert-OH is 4. The van der Waals surface area contributed by atoms with Gasteiger partial charge < -0.3 is 25.7 Å². The van der Waals surface area contributed by atoms with Crippen LogP contribution in [-0.2, 0) is 0 Å². The molecule has 0 spiro atoms. The number of rotatable bonds is 1. The molecule has 1 saturated heterocycles. The number of aliphatic hydroxyl groups is 4. The molecule has 1 aliphatic rings. The van der Waals surface area contributed by atoms with E-state index < -0.39 is 18.3 Å². The maximum Gasteiger partial charge on any atom is 0.107 e. The second-order valence-electron chi connectivity index (χ2n) is 3.15. The van der Waals surface area contributed by atoms with E-state index in [0.29, 0.717) is 0 Å². The van der Waals surface area contributed by atoms with Crippen LogP contribution in [0.1, 0.15) is 6.42 Å². The molecule has 12 heavy (non-hydrogen) atoms. The molecule has 0 aliphatic carbocycles. The van der Waals surface area contributed by atoms with Crippen LogP contribution in [0.4, 0.5) is 0 Å². The van der Waals surface area contributed by atoms with Crippen molar-refractivity contribution in [2.45, 2.75) is 30.8 Å². The highest BCUT2D eigenvalue weighted by Crippen LogP contribution is 2.10. The summed E-state index contributed by atoms with van der Waals surface area (Å²) in [5.41, 5.74) is 0. The van der Waals surface area contributed by atoms with Crippen LogP contribution in [0.5, 0.6) is 0 Å². The highest BCUT2D eigenvalue weighted by Gasteiger charge is 2.30. The first-order valence-electron chi connectivity index (χ1n) is 4.03. The van der Waals surface area contributed by atoms with Crippen molar-refractivity contribution in [1.82, 2.24) is 5.32 Å². The molecule has 72 valence electrons. The fourth-order valence-corrected chi connectivity index (χ4v) is 1.32. The van der Waals surface area contributed by atoms with Crippen molar-refractivity contribution >= 4 is 0 Å². The second kappa shape index (κ2) is 4.15. The van der Waals surface area contributed by atoms with Crippen molar-refractivity contribution < 1.29 is 20.4 Å². The minimum absolute atomic E-state index is 0.101. The van der Waals surface area contributed by atoms with E-state index in [1.54, 1.807) is 0 Å². The van der Waals surface area contributed by atoms with Gasteiger partial charge in [-0.25, -0.2) is 0 Å². The third kappa shape index (κ3) is 2.15. The van der Waals surface area contributed by atoms with Crippen LogP contribution in [0.2, 0.25) is 0 Å². The lowest BCUT2D eigenvalue weighted by Crippen LogP contribution is -2.39. The molecule has 1 rings (SSSR count). The average Bonchev–Trinajstić information content (AvgIpc) is 2.19. The summed E-state index contributed by atoms with van der Waals surface area (Å²) in [4.78, 5) is 0. The molecule has 1 fully saturated rings. The summed E-state index contributed by atoms with van der Waals surface area (Å²) in [6.45, 7) is 0.0972. The normalized spacial score (nSPS) is 44.0. The predicted molar refractivity (Wildman–Crippen MR) is 41.5 cm³/mol. The third-order valence-corrected chi connectivity index (χ3v) is 2.15. The molecule has 5 heteroatoms. The van der Waals surface area contributed by atoms with Crippen LogP contribution in [0, 0.1) is 0 Å². The maximum atomic E-state index is 9.27. The SMILES string of the molecule is OC[C@@H]1C[C@@H](O)[C@H](O)[C@@H](O)CN1. The first-order valence-corrected chi connectivity index (χ1v) is 4.03. The van der Waals surface area contributed by atoms with Crippen LogP contribution in [0.15, 0.2) is 0 Å². The molecule has 0 saturated carbocycles. The number of nitrogens with one attached hydrogen (secondary N) is 1. The lowest BCUT2D eigenvalue weighted by Gasteiger charge is -2.18. The Bertz CT molecular complexity index is 143. The van der Waals surface area contributed by atoms with Crippen molar-refractivity contribution in [2.24, 2.45) is 0 Å². The van der Waals surface area contributed by atoms with Crippen molar-refractivity contribution in [3.05, 3.63) is 0 Å². The maximum absolute atomic E-state index is 9.27. The minimum Gasteiger partial charge on any atom is -0.395 e. The molecule has 0 aromatic carbocycles. The fourth-order valence-electron chi connectivity index (χ4n) is 1.32. The average molecular weight is 177 g/mol. The quantitative estimate of drug-likeness (QED) is 0.303. The molecule has 5 N–H and O–H groups in total. The number of hydrogen-bond acceptors (Lipinski definition) is 5. The van der Waals surface area contributed by atoms with Crippen LogP contribution < -0.4 is 5.32 Å². The lowest BCUT2D eigenvalue weighted by molar-refractivity contribution is -0.0517. The van der Waals surface area contributed by atoms with Gasteiger partial charge in [0.15, 0.2) is 0 Å². The third-order valence-electron chi connectivity index (χ3n) is 2.15. The molecule has 0 bridgehead atoms. The number of hydrogen-bond donors (Lipinski definition) is 5. The summed E-state index contributed by atoms with van der Waals surface area (Å²) >= 11 is 0. The molecule has 0 aromatic rings. The van der Waals surface area contributed by atoms with E-state index >= 15 is 0 Å². The molecule has 1 aliphatic heterocycles. The van der Waals surface area contributed by atoms with Crippen molar-refractivity contribution in [3.8, 4) is 0 Å². The summed E-state index contributed by atoms with van der Waals surface area (Å²) in [6, 6.07) is -0.244. The molecule has 4 atom stereocenters. The van der Waals surface area contributed by atoms with Gasteiger partial charge in [-0.2, -0.15) is 0 Å². The van der Waals surface area contributed by atoms with Crippen molar-refractivity contribution in [1.29, 1.82) is 0 Å². The summed E-state index contributed by atoms with van der Waals surface area (Å²) in [7, 11) is 0. The van der Waals surface area contributed by atoms with Gasteiger partial charge >= 0.3 is 0 Å².